The summed E-state index contributed by atoms with van der Waals surface area (Å²) in [5, 5.41) is 2.12. The molecule has 130 valence electrons. The average Bonchev–Trinajstić information content (AvgIpc) is 3.32. The van der Waals surface area contributed by atoms with Crippen LogP contribution in [0.15, 0.2) is 17.5 Å². The van der Waals surface area contributed by atoms with Crippen LogP contribution in [0.5, 0.6) is 0 Å². The smallest absolute Gasteiger partial charge is 0.227 e. The summed E-state index contributed by atoms with van der Waals surface area (Å²) in [6, 6.07) is 4.69. The van der Waals surface area contributed by atoms with Gasteiger partial charge in [0.25, 0.3) is 0 Å². The Labute approximate surface area is 147 Å². The highest BCUT2D eigenvalue weighted by Crippen LogP contribution is 2.32. The molecule has 3 heterocycles. The maximum atomic E-state index is 12.8. The zero-order chi connectivity index (χ0) is 16.5. The first-order valence-corrected chi connectivity index (χ1v) is 9.91. The van der Waals surface area contributed by atoms with Gasteiger partial charge in [-0.25, -0.2) is 0 Å². The molecule has 0 N–H and O–H groups in total. The van der Waals surface area contributed by atoms with Crippen LogP contribution < -0.4 is 0 Å². The summed E-state index contributed by atoms with van der Waals surface area (Å²) in [6.07, 6.45) is 3.52. The first-order valence-electron chi connectivity index (χ1n) is 9.03. The molecule has 0 radical (unpaired) electrons. The average molecular weight is 347 g/mol. The van der Waals surface area contributed by atoms with Crippen LogP contribution in [-0.2, 0) is 16.1 Å². The summed E-state index contributed by atoms with van der Waals surface area (Å²) >= 11 is 1.80. The summed E-state index contributed by atoms with van der Waals surface area (Å²) in [5.41, 5.74) is 0. The zero-order valence-corrected chi connectivity index (χ0v) is 14.8. The Bertz CT molecular complexity index is 591. The number of hydrogen-bond acceptors (Lipinski definition) is 4. The van der Waals surface area contributed by atoms with Gasteiger partial charge in [-0.1, -0.05) is 6.07 Å². The van der Waals surface area contributed by atoms with Crippen molar-refractivity contribution in [3.63, 3.8) is 0 Å². The largest absolute Gasteiger partial charge is 0.340 e. The lowest BCUT2D eigenvalue weighted by Gasteiger charge is -2.39. The Morgan fingerprint density at radius 3 is 2.62 bits per heavy atom. The van der Waals surface area contributed by atoms with Crippen molar-refractivity contribution in [3.8, 4) is 0 Å². The molecule has 4 rings (SSSR count). The molecule has 1 unspecified atom stereocenters. The highest BCUT2D eigenvalue weighted by molar-refractivity contribution is 7.09. The lowest BCUT2D eigenvalue weighted by atomic mass is 9.95. The number of carbonyl (C=O) groups is 2. The van der Waals surface area contributed by atoms with Crippen LogP contribution in [0.3, 0.4) is 0 Å². The van der Waals surface area contributed by atoms with Crippen molar-refractivity contribution in [1.29, 1.82) is 0 Å². The zero-order valence-electron chi connectivity index (χ0n) is 14.0. The highest BCUT2D eigenvalue weighted by atomic mass is 32.1. The first-order chi connectivity index (χ1) is 11.7. The Balaban J connectivity index is 1.29. The van der Waals surface area contributed by atoms with Crippen molar-refractivity contribution in [2.24, 2.45) is 5.92 Å². The quantitative estimate of drug-likeness (QED) is 0.834. The third kappa shape index (κ3) is 3.49. The van der Waals surface area contributed by atoms with Crippen molar-refractivity contribution in [3.05, 3.63) is 22.4 Å². The van der Waals surface area contributed by atoms with E-state index in [1.807, 2.05) is 9.80 Å². The SMILES string of the molecule is O=C(C1CCC(=O)N(C2CC2)C1)N1CCN(Cc2cccs2)CC1. The van der Waals surface area contributed by atoms with Gasteiger partial charge in [-0.3, -0.25) is 14.5 Å². The third-order valence-corrected chi connectivity index (χ3v) is 6.29. The molecule has 1 aliphatic carbocycles. The normalized spacial score (nSPS) is 26.0. The molecule has 1 aromatic rings. The van der Waals surface area contributed by atoms with Gasteiger partial charge in [-0.2, -0.15) is 0 Å². The maximum Gasteiger partial charge on any atom is 0.227 e. The molecular formula is C18H25N3O2S. The van der Waals surface area contributed by atoms with E-state index in [4.69, 9.17) is 0 Å². The topological polar surface area (TPSA) is 43.9 Å². The molecule has 3 fully saturated rings. The van der Waals surface area contributed by atoms with E-state index in [2.05, 4.69) is 22.4 Å². The predicted molar refractivity (Wildman–Crippen MR) is 93.6 cm³/mol. The minimum atomic E-state index is 0.0205. The fourth-order valence-electron chi connectivity index (χ4n) is 3.82. The van der Waals surface area contributed by atoms with Gasteiger partial charge in [0, 0.05) is 56.6 Å². The molecule has 0 bridgehead atoms. The number of likely N-dealkylation sites (tertiary alicyclic amines) is 1. The van der Waals surface area contributed by atoms with Crippen LogP contribution in [0.2, 0.25) is 0 Å². The summed E-state index contributed by atoms with van der Waals surface area (Å²) in [7, 11) is 0. The molecule has 1 atom stereocenters. The van der Waals surface area contributed by atoms with E-state index >= 15 is 0 Å². The van der Waals surface area contributed by atoms with Gasteiger partial charge >= 0.3 is 0 Å². The molecule has 0 aromatic carbocycles. The van der Waals surface area contributed by atoms with Gasteiger partial charge < -0.3 is 9.80 Å². The van der Waals surface area contributed by atoms with E-state index in [1.165, 1.54) is 4.88 Å². The number of piperidine rings is 1. The Hall–Kier alpha value is -1.40. The van der Waals surface area contributed by atoms with Crippen LogP contribution in [0, 0.1) is 5.92 Å². The lowest BCUT2D eigenvalue weighted by molar-refractivity contribution is -0.144. The molecular weight excluding hydrogens is 322 g/mol. The monoisotopic (exact) mass is 347 g/mol. The number of amides is 2. The van der Waals surface area contributed by atoms with Crippen molar-refractivity contribution in [1.82, 2.24) is 14.7 Å². The van der Waals surface area contributed by atoms with Crippen LogP contribution >= 0.6 is 11.3 Å². The number of hydrogen-bond donors (Lipinski definition) is 0. The number of thiophene rings is 1. The Morgan fingerprint density at radius 1 is 1.17 bits per heavy atom. The van der Waals surface area contributed by atoms with Crippen molar-refractivity contribution < 1.29 is 9.59 Å². The van der Waals surface area contributed by atoms with Crippen LogP contribution in [-0.4, -0.2) is 65.3 Å². The first kappa shape index (κ1) is 16.1. The van der Waals surface area contributed by atoms with E-state index in [0.717, 1.165) is 52.0 Å². The molecule has 2 amide bonds. The predicted octanol–water partition coefficient (Wildman–Crippen LogP) is 1.79. The molecule has 3 aliphatic rings. The molecule has 5 nitrogen and oxygen atoms in total. The standard InChI is InChI=1S/C18H25N3O2S/c22-17-6-3-14(12-21(17)15-4-5-15)18(23)20-9-7-19(8-10-20)13-16-2-1-11-24-16/h1-2,11,14-15H,3-10,12-13H2. The van der Waals surface area contributed by atoms with E-state index in [0.29, 0.717) is 19.0 Å². The van der Waals surface area contributed by atoms with Crippen LogP contribution in [0.1, 0.15) is 30.6 Å². The van der Waals surface area contributed by atoms with Gasteiger partial charge in [0.05, 0.1) is 5.92 Å². The molecule has 2 aliphatic heterocycles. The van der Waals surface area contributed by atoms with Gasteiger partial charge in [0.2, 0.25) is 11.8 Å². The van der Waals surface area contributed by atoms with Gasteiger partial charge in [0.1, 0.15) is 0 Å². The molecule has 24 heavy (non-hydrogen) atoms. The van der Waals surface area contributed by atoms with E-state index in [9.17, 15) is 9.59 Å². The Morgan fingerprint density at radius 2 is 1.96 bits per heavy atom. The second-order valence-corrected chi connectivity index (χ2v) is 8.23. The molecule has 2 saturated heterocycles. The molecule has 6 heteroatoms. The summed E-state index contributed by atoms with van der Waals surface area (Å²) < 4.78 is 0. The number of nitrogens with zero attached hydrogens (tertiary/aromatic N) is 3. The fraction of sp³-hybridized carbons (Fsp3) is 0.667. The van der Waals surface area contributed by atoms with Gasteiger partial charge in [-0.05, 0) is 30.7 Å². The van der Waals surface area contributed by atoms with Crippen molar-refractivity contribution in [2.45, 2.75) is 38.3 Å². The van der Waals surface area contributed by atoms with Crippen molar-refractivity contribution >= 4 is 23.2 Å². The fourth-order valence-corrected chi connectivity index (χ4v) is 4.57. The summed E-state index contributed by atoms with van der Waals surface area (Å²) in [5.74, 6) is 0.540. The van der Waals surface area contributed by atoms with Crippen LogP contribution in [0.4, 0.5) is 0 Å². The highest BCUT2D eigenvalue weighted by Gasteiger charge is 2.39. The minimum Gasteiger partial charge on any atom is -0.340 e. The lowest BCUT2D eigenvalue weighted by Crippen LogP contribution is -2.53. The number of carbonyl (C=O) groups excluding carboxylic acids is 2. The van der Waals surface area contributed by atoms with E-state index < -0.39 is 0 Å². The second kappa shape index (κ2) is 6.84. The molecule has 1 aromatic heterocycles. The summed E-state index contributed by atoms with van der Waals surface area (Å²) in [4.78, 5) is 32.7. The minimum absolute atomic E-state index is 0.0205. The second-order valence-electron chi connectivity index (χ2n) is 7.19. The third-order valence-electron chi connectivity index (χ3n) is 5.42. The van der Waals surface area contributed by atoms with E-state index in [-0.39, 0.29) is 17.7 Å². The van der Waals surface area contributed by atoms with Gasteiger partial charge in [0.15, 0.2) is 0 Å². The van der Waals surface area contributed by atoms with Crippen molar-refractivity contribution in [2.75, 3.05) is 32.7 Å². The van der Waals surface area contributed by atoms with Gasteiger partial charge in [-0.15, -0.1) is 11.3 Å². The molecule has 0 spiro atoms. The molecule has 1 saturated carbocycles. The number of rotatable bonds is 4. The Kier molecular flexibility index (Phi) is 4.59. The van der Waals surface area contributed by atoms with E-state index in [1.54, 1.807) is 11.3 Å². The van der Waals surface area contributed by atoms with Crippen LogP contribution in [0.25, 0.3) is 0 Å². The maximum absolute atomic E-state index is 12.8. The number of piperazine rings is 1. The summed E-state index contributed by atoms with van der Waals surface area (Å²) in [6.45, 7) is 5.17.